The third kappa shape index (κ3) is 2.98. The van der Waals surface area contributed by atoms with Crippen LogP contribution in [0, 0.1) is 0 Å². The Balaban J connectivity index is 1.77. The molecular weight excluding hydrogens is 417 g/mol. The lowest BCUT2D eigenvalue weighted by atomic mass is 10.0. The van der Waals surface area contributed by atoms with Crippen LogP contribution < -0.4 is 5.69 Å². The van der Waals surface area contributed by atoms with Crippen LogP contribution in [0.5, 0.6) is 0 Å². The molecule has 5 rings (SSSR count). The highest BCUT2D eigenvalue weighted by Crippen LogP contribution is 2.47. The van der Waals surface area contributed by atoms with E-state index in [1.807, 2.05) is 18.2 Å². The van der Waals surface area contributed by atoms with E-state index in [-0.39, 0.29) is 17.2 Å². The molecule has 0 spiro atoms. The number of alkyl halides is 3. The van der Waals surface area contributed by atoms with Crippen molar-refractivity contribution in [1.29, 1.82) is 0 Å². The zero-order valence-corrected chi connectivity index (χ0v) is 16.4. The zero-order chi connectivity index (χ0) is 21.0. The number of hydrogen-bond donors (Lipinski definition) is 1. The molecule has 0 radical (unpaired) electrons. The largest absolute Gasteiger partial charge is 0.416 e. The van der Waals surface area contributed by atoms with Gasteiger partial charge in [0.1, 0.15) is 0 Å². The number of aromatic amines is 1. The number of benzene rings is 2. The van der Waals surface area contributed by atoms with Crippen molar-refractivity contribution in [3.05, 3.63) is 64.5 Å². The third-order valence-electron chi connectivity index (χ3n) is 5.29. The summed E-state index contributed by atoms with van der Waals surface area (Å²) in [7, 11) is 1.53. The minimum Gasteiger partial charge on any atom is -0.378 e. The van der Waals surface area contributed by atoms with Gasteiger partial charge in [-0.2, -0.15) is 13.2 Å². The number of ether oxygens (including phenoxy) is 1. The monoisotopic (exact) mass is 432 g/mol. The first kappa shape index (κ1) is 19.1. The lowest BCUT2D eigenvalue weighted by molar-refractivity contribution is -0.137. The molecule has 0 aliphatic carbocycles. The van der Waals surface area contributed by atoms with Gasteiger partial charge in [-0.1, -0.05) is 12.1 Å². The molecular formula is C20H15F3N4O2S. The number of halogens is 3. The summed E-state index contributed by atoms with van der Waals surface area (Å²) in [5, 5.41) is -0.117. The van der Waals surface area contributed by atoms with Gasteiger partial charge in [-0.15, -0.1) is 11.8 Å². The molecule has 0 saturated heterocycles. The second kappa shape index (κ2) is 6.85. The van der Waals surface area contributed by atoms with Crippen LogP contribution in [-0.2, 0) is 17.5 Å². The maximum Gasteiger partial charge on any atom is 0.416 e. The summed E-state index contributed by atoms with van der Waals surface area (Å²) >= 11 is 1.25. The van der Waals surface area contributed by atoms with Crippen LogP contribution >= 0.6 is 11.8 Å². The molecule has 3 heterocycles. The summed E-state index contributed by atoms with van der Waals surface area (Å²) in [5.74, 6) is 0. The number of nitrogens with one attached hydrogen (secondary N) is 1. The topological polar surface area (TPSA) is 72.8 Å². The van der Waals surface area contributed by atoms with Crippen molar-refractivity contribution in [2.24, 2.45) is 0 Å². The van der Waals surface area contributed by atoms with Crippen molar-refractivity contribution in [2.45, 2.75) is 29.0 Å². The minimum atomic E-state index is -4.52. The Hall–Kier alpha value is -2.85. The van der Waals surface area contributed by atoms with Crippen molar-refractivity contribution in [1.82, 2.24) is 19.5 Å². The van der Waals surface area contributed by atoms with Crippen molar-refractivity contribution in [2.75, 3.05) is 7.11 Å². The van der Waals surface area contributed by atoms with Gasteiger partial charge < -0.3 is 9.72 Å². The van der Waals surface area contributed by atoms with E-state index in [1.54, 1.807) is 6.33 Å². The summed E-state index contributed by atoms with van der Waals surface area (Å²) in [6.45, 7) is 0.163. The Bertz CT molecular complexity index is 1330. The summed E-state index contributed by atoms with van der Waals surface area (Å²) in [6, 6.07) is 7.74. The van der Waals surface area contributed by atoms with Crippen LogP contribution in [0.1, 0.15) is 16.4 Å². The maximum absolute atomic E-state index is 13.5. The average molecular weight is 432 g/mol. The quantitative estimate of drug-likeness (QED) is 0.515. The minimum absolute atomic E-state index is 0.163. The van der Waals surface area contributed by atoms with Crippen molar-refractivity contribution < 1.29 is 17.9 Å². The molecule has 2 aromatic carbocycles. The normalized spacial score (nSPS) is 19.3. The molecule has 0 amide bonds. The molecule has 4 aromatic rings. The highest BCUT2D eigenvalue weighted by Gasteiger charge is 2.36. The summed E-state index contributed by atoms with van der Waals surface area (Å²) < 4.78 is 47.7. The number of methoxy groups -OCH3 is 1. The van der Waals surface area contributed by atoms with Crippen molar-refractivity contribution in [3.63, 3.8) is 0 Å². The van der Waals surface area contributed by atoms with Gasteiger partial charge in [0.2, 0.25) is 0 Å². The Morgan fingerprint density at radius 1 is 1.27 bits per heavy atom. The van der Waals surface area contributed by atoms with Crippen molar-refractivity contribution in [3.8, 4) is 0 Å². The van der Waals surface area contributed by atoms with Crippen LogP contribution in [0.25, 0.3) is 21.9 Å². The van der Waals surface area contributed by atoms with E-state index in [0.717, 1.165) is 28.7 Å². The lowest BCUT2D eigenvalue weighted by Crippen LogP contribution is -2.31. The average Bonchev–Trinajstić information content (AvgIpc) is 3.13. The number of imidazole rings is 1. The second-order valence-corrected chi connectivity index (χ2v) is 8.20. The van der Waals surface area contributed by atoms with Gasteiger partial charge in [-0.25, -0.2) is 14.8 Å². The van der Waals surface area contributed by atoms with Gasteiger partial charge >= 0.3 is 11.9 Å². The Labute approximate surface area is 172 Å². The van der Waals surface area contributed by atoms with Gasteiger partial charge in [0, 0.05) is 23.6 Å². The first-order valence-electron chi connectivity index (χ1n) is 9.09. The number of H-pyrrole nitrogens is 1. The van der Waals surface area contributed by atoms with Gasteiger partial charge in [0.25, 0.3) is 0 Å². The SMILES string of the molecule is COC1Cn2c(=O)ncc3cc(C(F)(F)F)cc(c32)SC1c1cccc2[nH]cnc12. The first-order valence-corrected chi connectivity index (χ1v) is 9.97. The molecule has 1 aliphatic rings. The highest BCUT2D eigenvalue weighted by molar-refractivity contribution is 7.99. The fourth-order valence-corrected chi connectivity index (χ4v) is 5.37. The van der Waals surface area contributed by atoms with E-state index in [1.165, 1.54) is 29.6 Å². The number of thioether (sulfide) groups is 1. The number of rotatable bonds is 2. The van der Waals surface area contributed by atoms with Crippen LogP contribution in [0.15, 0.2) is 52.5 Å². The summed E-state index contributed by atoms with van der Waals surface area (Å²) in [6.07, 6.45) is -2.23. The maximum atomic E-state index is 13.5. The third-order valence-corrected chi connectivity index (χ3v) is 6.67. The molecule has 2 atom stereocenters. The molecule has 10 heteroatoms. The molecule has 6 nitrogen and oxygen atoms in total. The molecule has 30 heavy (non-hydrogen) atoms. The Morgan fingerprint density at radius 2 is 2.10 bits per heavy atom. The molecule has 2 unspecified atom stereocenters. The molecule has 2 aromatic heterocycles. The predicted molar refractivity (Wildman–Crippen MR) is 106 cm³/mol. The standard InChI is InChI=1S/C20H15F3N4O2S/c1-29-14-8-27-17-10(7-24-19(27)28)5-11(20(21,22)23)6-15(17)30-18(14)12-3-2-4-13-16(12)26-9-25-13/h2-7,9,14,18H,8H2,1H3,(H,25,26). The fraction of sp³-hybridized carbons (Fsp3) is 0.250. The number of hydrogen-bond acceptors (Lipinski definition) is 5. The van der Waals surface area contributed by atoms with E-state index < -0.39 is 23.5 Å². The van der Waals surface area contributed by atoms with E-state index in [2.05, 4.69) is 15.0 Å². The Morgan fingerprint density at radius 3 is 2.87 bits per heavy atom. The van der Waals surface area contributed by atoms with Crippen LogP contribution in [-0.4, -0.2) is 32.7 Å². The van der Waals surface area contributed by atoms with Crippen LogP contribution in [0.3, 0.4) is 0 Å². The molecule has 154 valence electrons. The van der Waals surface area contributed by atoms with E-state index in [0.29, 0.717) is 10.4 Å². The molecule has 0 saturated carbocycles. The molecule has 0 bridgehead atoms. The molecule has 1 aliphatic heterocycles. The van der Waals surface area contributed by atoms with Crippen LogP contribution in [0.2, 0.25) is 0 Å². The first-order chi connectivity index (χ1) is 14.4. The smallest absolute Gasteiger partial charge is 0.378 e. The van der Waals surface area contributed by atoms with E-state index in [4.69, 9.17) is 4.74 Å². The van der Waals surface area contributed by atoms with E-state index >= 15 is 0 Å². The zero-order valence-electron chi connectivity index (χ0n) is 15.6. The van der Waals surface area contributed by atoms with Crippen LogP contribution in [0.4, 0.5) is 13.2 Å². The van der Waals surface area contributed by atoms with Gasteiger partial charge in [-0.05, 0) is 23.8 Å². The van der Waals surface area contributed by atoms with Crippen molar-refractivity contribution >= 4 is 33.7 Å². The van der Waals surface area contributed by atoms with Gasteiger partial charge in [0.05, 0.1) is 46.3 Å². The van der Waals surface area contributed by atoms with E-state index in [9.17, 15) is 18.0 Å². The molecule has 0 fully saturated rings. The number of fused-ring (bicyclic) bond motifs is 1. The fourth-order valence-electron chi connectivity index (χ4n) is 3.90. The molecule has 1 N–H and O–H groups in total. The number of aromatic nitrogens is 4. The summed E-state index contributed by atoms with van der Waals surface area (Å²) in [5.41, 5.74) is 1.49. The predicted octanol–water partition coefficient (Wildman–Crippen LogP) is 4.15. The Kier molecular flexibility index (Phi) is 4.37. The summed E-state index contributed by atoms with van der Waals surface area (Å²) in [4.78, 5) is 24.1. The van der Waals surface area contributed by atoms with Gasteiger partial charge in [-0.3, -0.25) is 4.57 Å². The van der Waals surface area contributed by atoms with Gasteiger partial charge in [0.15, 0.2) is 0 Å². The highest BCUT2D eigenvalue weighted by atomic mass is 32.2. The second-order valence-electron chi connectivity index (χ2n) is 7.02. The number of para-hydroxylation sites is 1. The lowest BCUT2D eigenvalue weighted by Gasteiger charge is -2.24. The number of nitrogens with zero attached hydrogens (tertiary/aromatic N) is 3.